The molecule has 3 rings (SSSR count). The summed E-state index contributed by atoms with van der Waals surface area (Å²) in [6, 6.07) is 13.0. The molecule has 0 aliphatic rings. The highest BCUT2D eigenvalue weighted by Crippen LogP contribution is 2.28. The summed E-state index contributed by atoms with van der Waals surface area (Å²) in [7, 11) is 1.73. The van der Waals surface area contributed by atoms with Crippen molar-refractivity contribution < 1.29 is 4.79 Å². The molecule has 1 amide bonds. The predicted molar refractivity (Wildman–Crippen MR) is 83.2 cm³/mol. The number of nitrogen functional groups attached to an aromatic ring is 1. The van der Waals surface area contributed by atoms with E-state index in [0.29, 0.717) is 16.4 Å². The molecule has 0 spiro atoms. The lowest BCUT2D eigenvalue weighted by Crippen LogP contribution is -2.26. The van der Waals surface area contributed by atoms with Crippen molar-refractivity contribution in [1.82, 2.24) is 4.98 Å². The van der Waals surface area contributed by atoms with Crippen LogP contribution in [0.4, 0.5) is 11.5 Å². The van der Waals surface area contributed by atoms with Crippen molar-refractivity contribution in [3.05, 3.63) is 53.5 Å². The lowest BCUT2D eigenvalue weighted by molar-refractivity contribution is 0.0996. The molecule has 2 heterocycles. The van der Waals surface area contributed by atoms with Gasteiger partial charge in [-0.05, 0) is 41.8 Å². The number of rotatable bonds is 2. The number of hydrogen-bond donors (Lipinski definition) is 1. The van der Waals surface area contributed by atoms with Gasteiger partial charge < -0.3 is 5.73 Å². The predicted octanol–water partition coefficient (Wildman–Crippen LogP) is 3.16. The van der Waals surface area contributed by atoms with E-state index in [1.54, 1.807) is 18.1 Å². The molecule has 0 fully saturated rings. The molecule has 0 saturated heterocycles. The SMILES string of the molecule is CN(C(=O)c1cc2cc(N)ccc2s1)c1ccccn1. The fourth-order valence-electron chi connectivity index (χ4n) is 1.99. The van der Waals surface area contributed by atoms with E-state index in [0.717, 1.165) is 10.1 Å². The van der Waals surface area contributed by atoms with Crippen molar-refractivity contribution in [2.24, 2.45) is 0 Å². The van der Waals surface area contributed by atoms with Crippen LogP contribution in [0.25, 0.3) is 10.1 Å². The van der Waals surface area contributed by atoms with Gasteiger partial charge in [0.1, 0.15) is 5.82 Å². The Morgan fingerprint density at radius 2 is 2.10 bits per heavy atom. The van der Waals surface area contributed by atoms with Crippen molar-refractivity contribution in [1.29, 1.82) is 0 Å². The van der Waals surface area contributed by atoms with E-state index in [2.05, 4.69) is 4.98 Å². The van der Waals surface area contributed by atoms with Crippen LogP contribution in [0.15, 0.2) is 48.7 Å². The van der Waals surface area contributed by atoms with Gasteiger partial charge in [-0.15, -0.1) is 11.3 Å². The van der Waals surface area contributed by atoms with Gasteiger partial charge in [0.2, 0.25) is 0 Å². The maximum atomic E-state index is 12.5. The molecule has 0 aliphatic carbocycles. The van der Waals surface area contributed by atoms with Gasteiger partial charge in [-0.3, -0.25) is 9.69 Å². The van der Waals surface area contributed by atoms with E-state index in [1.165, 1.54) is 11.3 Å². The first-order valence-electron chi connectivity index (χ1n) is 6.13. The number of hydrogen-bond acceptors (Lipinski definition) is 4. The molecule has 0 atom stereocenters. The number of benzene rings is 1. The van der Waals surface area contributed by atoms with Crippen molar-refractivity contribution in [3.8, 4) is 0 Å². The number of carbonyl (C=O) groups is 1. The Kier molecular flexibility index (Phi) is 3.12. The summed E-state index contributed by atoms with van der Waals surface area (Å²) >= 11 is 1.46. The number of amides is 1. The van der Waals surface area contributed by atoms with Gasteiger partial charge in [0, 0.05) is 23.6 Å². The van der Waals surface area contributed by atoms with Gasteiger partial charge in [-0.1, -0.05) is 6.07 Å². The number of fused-ring (bicyclic) bond motifs is 1. The lowest BCUT2D eigenvalue weighted by Gasteiger charge is -2.14. The molecule has 1 aromatic carbocycles. The van der Waals surface area contributed by atoms with Gasteiger partial charge in [0.15, 0.2) is 0 Å². The Bertz CT molecular complexity index is 767. The highest BCUT2D eigenvalue weighted by molar-refractivity contribution is 7.20. The number of pyridine rings is 1. The molecule has 20 heavy (non-hydrogen) atoms. The molecule has 0 unspecified atom stereocenters. The van der Waals surface area contributed by atoms with Gasteiger partial charge in [-0.25, -0.2) is 4.98 Å². The Labute approximate surface area is 120 Å². The summed E-state index contributed by atoms with van der Waals surface area (Å²) in [6.07, 6.45) is 1.67. The normalized spacial score (nSPS) is 10.7. The maximum Gasteiger partial charge on any atom is 0.269 e. The Balaban J connectivity index is 1.96. The Morgan fingerprint density at radius 1 is 1.25 bits per heavy atom. The van der Waals surface area contributed by atoms with E-state index in [1.807, 2.05) is 42.5 Å². The minimum atomic E-state index is -0.0662. The van der Waals surface area contributed by atoms with Crippen LogP contribution < -0.4 is 10.6 Å². The first-order valence-corrected chi connectivity index (χ1v) is 6.95. The second kappa shape index (κ2) is 4.94. The summed E-state index contributed by atoms with van der Waals surface area (Å²) in [4.78, 5) is 18.9. The minimum absolute atomic E-state index is 0.0662. The highest BCUT2D eigenvalue weighted by Gasteiger charge is 2.16. The van der Waals surface area contributed by atoms with Gasteiger partial charge in [-0.2, -0.15) is 0 Å². The van der Waals surface area contributed by atoms with Crippen LogP contribution in [0.5, 0.6) is 0 Å². The molecule has 2 aromatic heterocycles. The van der Waals surface area contributed by atoms with E-state index in [-0.39, 0.29) is 5.91 Å². The second-order valence-electron chi connectivity index (χ2n) is 4.46. The van der Waals surface area contributed by atoms with E-state index >= 15 is 0 Å². The topological polar surface area (TPSA) is 59.2 Å². The third kappa shape index (κ3) is 2.23. The molecule has 5 heteroatoms. The van der Waals surface area contributed by atoms with E-state index < -0.39 is 0 Å². The lowest BCUT2D eigenvalue weighted by atomic mass is 10.2. The summed E-state index contributed by atoms with van der Waals surface area (Å²) in [5.74, 6) is 0.568. The summed E-state index contributed by atoms with van der Waals surface area (Å²) < 4.78 is 1.05. The highest BCUT2D eigenvalue weighted by atomic mass is 32.1. The first kappa shape index (κ1) is 12.6. The van der Waals surface area contributed by atoms with Crippen LogP contribution in [-0.4, -0.2) is 17.9 Å². The number of anilines is 2. The molecule has 2 N–H and O–H groups in total. The van der Waals surface area contributed by atoms with E-state index in [9.17, 15) is 4.79 Å². The molecule has 0 aliphatic heterocycles. The molecule has 0 bridgehead atoms. The third-order valence-electron chi connectivity index (χ3n) is 3.05. The number of thiophene rings is 1. The maximum absolute atomic E-state index is 12.5. The Hall–Kier alpha value is -2.40. The molecular weight excluding hydrogens is 270 g/mol. The second-order valence-corrected chi connectivity index (χ2v) is 5.54. The zero-order valence-electron chi connectivity index (χ0n) is 10.9. The number of nitrogens with zero attached hydrogens (tertiary/aromatic N) is 2. The zero-order chi connectivity index (χ0) is 14.1. The molecule has 4 nitrogen and oxygen atoms in total. The van der Waals surface area contributed by atoms with Crippen molar-refractivity contribution >= 4 is 38.8 Å². The molecule has 0 radical (unpaired) electrons. The Morgan fingerprint density at radius 3 is 2.85 bits per heavy atom. The third-order valence-corrected chi connectivity index (χ3v) is 4.15. The number of carbonyl (C=O) groups excluding carboxylic acids is 1. The summed E-state index contributed by atoms with van der Waals surface area (Å²) in [6.45, 7) is 0. The van der Waals surface area contributed by atoms with Gasteiger partial charge in [0.25, 0.3) is 5.91 Å². The molecule has 3 aromatic rings. The largest absolute Gasteiger partial charge is 0.399 e. The smallest absolute Gasteiger partial charge is 0.269 e. The van der Waals surface area contributed by atoms with Crippen LogP contribution >= 0.6 is 11.3 Å². The number of nitrogens with two attached hydrogens (primary N) is 1. The van der Waals surface area contributed by atoms with Crippen molar-refractivity contribution in [2.75, 3.05) is 17.7 Å². The van der Waals surface area contributed by atoms with Crippen LogP contribution in [-0.2, 0) is 0 Å². The quantitative estimate of drug-likeness (QED) is 0.735. The van der Waals surface area contributed by atoms with Gasteiger partial charge >= 0.3 is 0 Å². The van der Waals surface area contributed by atoms with Crippen molar-refractivity contribution in [2.45, 2.75) is 0 Å². The monoisotopic (exact) mass is 283 g/mol. The average molecular weight is 283 g/mol. The van der Waals surface area contributed by atoms with E-state index in [4.69, 9.17) is 5.73 Å². The average Bonchev–Trinajstić information content (AvgIpc) is 2.89. The molecule has 100 valence electrons. The summed E-state index contributed by atoms with van der Waals surface area (Å²) in [5, 5.41) is 0.993. The van der Waals surface area contributed by atoms with Crippen LogP contribution in [0.3, 0.4) is 0 Å². The molecule has 0 saturated carbocycles. The first-order chi connectivity index (χ1) is 9.65. The summed E-state index contributed by atoms with van der Waals surface area (Å²) in [5.41, 5.74) is 6.46. The van der Waals surface area contributed by atoms with Crippen LogP contribution in [0.1, 0.15) is 9.67 Å². The van der Waals surface area contributed by atoms with Gasteiger partial charge in [0.05, 0.1) is 4.88 Å². The minimum Gasteiger partial charge on any atom is -0.399 e. The standard InChI is InChI=1S/C15H13N3OS/c1-18(14-4-2-3-7-17-14)15(19)13-9-10-8-11(16)5-6-12(10)20-13/h2-9H,16H2,1H3. The fourth-order valence-corrected chi connectivity index (χ4v) is 3.01. The fraction of sp³-hybridized carbons (Fsp3) is 0.0667. The van der Waals surface area contributed by atoms with Crippen LogP contribution in [0, 0.1) is 0 Å². The van der Waals surface area contributed by atoms with Crippen molar-refractivity contribution in [3.63, 3.8) is 0 Å². The zero-order valence-corrected chi connectivity index (χ0v) is 11.7. The molecular formula is C15H13N3OS. The number of aromatic nitrogens is 1. The van der Waals surface area contributed by atoms with Crippen LogP contribution in [0.2, 0.25) is 0 Å².